The highest BCUT2D eigenvalue weighted by Gasteiger charge is 2.04. The van der Waals surface area contributed by atoms with Gasteiger partial charge in [0.15, 0.2) is 0 Å². The first kappa shape index (κ1) is 10.9. The molecule has 88 valence electrons. The van der Waals surface area contributed by atoms with Crippen molar-refractivity contribution < 1.29 is 9.68 Å². The molecular formula is C8H9N7O2. The van der Waals surface area contributed by atoms with E-state index in [0.717, 1.165) is 0 Å². The van der Waals surface area contributed by atoms with Gasteiger partial charge in [-0.1, -0.05) is 0 Å². The summed E-state index contributed by atoms with van der Waals surface area (Å²) in [4.78, 5) is 10.2. The molecule has 0 bridgehead atoms. The average molecular weight is 235 g/mol. The Hall–Kier alpha value is -2.58. The summed E-state index contributed by atoms with van der Waals surface area (Å²) in [6.45, 7) is 0. The molecule has 0 radical (unpaired) electrons. The molecule has 9 heteroatoms. The Labute approximate surface area is 95.6 Å². The molecule has 0 aliphatic rings. The quantitative estimate of drug-likeness (QED) is 0.596. The van der Waals surface area contributed by atoms with Gasteiger partial charge in [0.1, 0.15) is 25.3 Å². The Morgan fingerprint density at radius 3 is 2.76 bits per heavy atom. The third-order valence-corrected chi connectivity index (χ3v) is 1.85. The van der Waals surface area contributed by atoms with Crippen LogP contribution in [0, 0.1) is 0 Å². The Kier molecular flexibility index (Phi) is 3.19. The van der Waals surface area contributed by atoms with Crippen molar-refractivity contribution in [2.45, 2.75) is 0 Å². The molecule has 1 aromatic heterocycles. The fourth-order valence-corrected chi connectivity index (χ4v) is 1.18. The van der Waals surface area contributed by atoms with Gasteiger partial charge in [-0.3, -0.25) is 0 Å². The van der Waals surface area contributed by atoms with Gasteiger partial charge in [0.05, 0.1) is 5.69 Å². The van der Waals surface area contributed by atoms with Gasteiger partial charge >= 0.3 is 0 Å². The number of aromatic nitrogens is 3. The standard InChI is InChI=1S/C8H9N7O2/c1-16-13-9-6-3-4-7-8(5-6)15(11-10-7)12-14-17-2/h3-5H,1-2H3/b13-9+,14-12+. The summed E-state index contributed by atoms with van der Waals surface area (Å²) in [6, 6.07) is 5.18. The summed E-state index contributed by atoms with van der Waals surface area (Å²) in [5, 5.41) is 21.9. The molecule has 1 heterocycles. The van der Waals surface area contributed by atoms with E-state index in [9.17, 15) is 0 Å². The van der Waals surface area contributed by atoms with Crippen LogP contribution in [0.1, 0.15) is 0 Å². The zero-order valence-corrected chi connectivity index (χ0v) is 9.18. The van der Waals surface area contributed by atoms with Gasteiger partial charge in [-0.15, -0.1) is 15.0 Å². The molecule has 0 unspecified atom stereocenters. The summed E-state index contributed by atoms with van der Waals surface area (Å²) < 4.78 is 0. The third kappa shape index (κ3) is 2.33. The van der Waals surface area contributed by atoms with Crippen LogP contribution < -0.4 is 0 Å². The van der Waals surface area contributed by atoms with Crippen LogP contribution in [0.5, 0.6) is 0 Å². The maximum atomic E-state index is 4.49. The highest BCUT2D eigenvalue weighted by Crippen LogP contribution is 2.19. The van der Waals surface area contributed by atoms with Gasteiger partial charge in [0.25, 0.3) is 0 Å². The van der Waals surface area contributed by atoms with Gasteiger partial charge in [0, 0.05) is 10.6 Å². The third-order valence-electron chi connectivity index (χ3n) is 1.85. The number of fused-ring (bicyclic) bond motifs is 1. The van der Waals surface area contributed by atoms with Crippen LogP contribution in [-0.4, -0.2) is 29.3 Å². The number of nitrogens with zero attached hydrogens (tertiary/aromatic N) is 7. The summed E-state index contributed by atoms with van der Waals surface area (Å²) in [6.07, 6.45) is 0. The molecule has 9 nitrogen and oxygen atoms in total. The van der Waals surface area contributed by atoms with Crippen LogP contribution >= 0.6 is 0 Å². The van der Waals surface area contributed by atoms with E-state index in [1.165, 1.54) is 19.0 Å². The molecular weight excluding hydrogens is 226 g/mol. The van der Waals surface area contributed by atoms with Crippen LogP contribution in [0.2, 0.25) is 0 Å². The zero-order valence-electron chi connectivity index (χ0n) is 9.18. The molecule has 0 saturated carbocycles. The molecule has 0 atom stereocenters. The van der Waals surface area contributed by atoms with E-state index in [0.29, 0.717) is 16.7 Å². The lowest BCUT2D eigenvalue weighted by Gasteiger charge is -1.93. The van der Waals surface area contributed by atoms with Gasteiger partial charge in [-0.25, -0.2) is 0 Å². The zero-order chi connectivity index (χ0) is 12.1. The molecule has 0 amide bonds. The van der Waals surface area contributed by atoms with Crippen molar-refractivity contribution in [3.8, 4) is 0 Å². The molecule has 2 aromatic rings. The van der Waals surface area contributed by atoms with Crippen molar-refractivity contribution in [1.82, 2.24) is 15.1 Å². The van der Waals surface area contributed by atoms with E-state index in [1.54, 1.807) is 18.2 Å². The van der Waals surface area contributed by atoms with Crippen LogP contribution in [0.4, 0.5) is 5.69 Å². The highest BCUT2D eigenvalue weighted by molar-refractivity contribution is 5.77. The minimum Gasteiger partial charge on any atom is -0.383 e. The van der Waals surface area contributed by atoms with Crippen LogP contribution in [0.3, 0.4) is 0 Å². The number of hydrogen-bond donors (Lipinski definition) is 0. The van der Waals surface area contributed by atoms with E-state index in [2.05, 4.69) is 40.9 Å². The summed E-state index contributed by atoms with van der Waals surface area (Å²) in [5.74, 6) is 0. The lowest BCUT2D eigenvalue weighted by Crippen LogP contribution is -1.89. The van der Waals surface area contributed by atoms with Crippen molar-refractivity contribution in [2.24, 2.45) is 20.9 Å². The maximum absolute atomic E-state index is 4.49. The Bertz CT molecular complexity index is 562. The lowest BCUT2D eigenvalue weighted by atomic mass is 10.3. The minimum absolute atomic E-state index is 0.593. The second kappa shape index (κ2) is 4.96. The molecule has 1 aromatic carbocycles. The van der Waals surface area contributed by atoms with Crippen LogP contribution in [-0.2, 0) is 9.68 Å². The highest BCUT2D eigenvalue weighted by atomic mass is 16.6. The average Bonchev–Trinajstić information content (AvgIpc) is 2.76. The Morgan fingerprint density at radius 2 is 2.00 bits per heavy atom. The van der Waals surface area contributed by atoms with Crippen LogP contribution in [0.15, 0.2) is 39.1 Å². The van der Waals surface area contributed by atoms with E-state index >= 15 is 0 Å². The summed E-state index contributed by atoms with van der Waals surface area (Å²) >= 11 is 0. The van der Waals surface area contributed by atoms with Crippen molar-refractivity contribution >= 4 is 16.7 Å². The van der Waals surface area contributed by atoms with Gasteiger partial charge in [-0.2, -0.15) is 0 Å². The molecule has 0 aliphatic carbocycles. The normalized spacial score (nSPS) is 11.6. The van der Waals surface area contributed by atoms with Crippen LogP contribution in [0.25, 0.3) is 11.0 Å². The van der Waals surface area contributed by atoms with Crippen molar-refractivity contribution in [3.63, 3.8) is 0 Å². The minimum atomic E-state index is 0.593. The topological polar surface area (TPSA) is 98.6 Å². The van der Waals surface area contributed by atoms with E-state index < -0.39 is 0 Å². The molecule has 0 spiro atoms. The predicted molar refractivity (Wildman–Crippen MR) is 56.3 cm³/mol. The monoisotopic (exact) mass is 235 g/mol. The molecule has 0 fully saturated rings. The first-order chi connectivity index (χ1) is 8.35. The number of benzene rings is 1. The van der Waals surface area contributed by atoms with E-state index in [1.807, 2.05) is 0 Å². The smallest absolute Gasteiger partial charge is 0.119 e. The van der Waals surface area contributed by atoms with Gasteiger partial charge in [0.2, 0.25) is 0 Å². The lowest BCUT2D eigenvalue weighted by molar-refractivity contribution is 0.179. The molecule has 2 rings (SSSR count). The van der Waals surface area contributed by atoms with Crippen molar-refractivity contribution in [3.05, 3.63) is 18.2 Å². The Balaban J connectivity index is 2.42. The SMILES string of the molecule is CO/N=N/c1ccc2nnn(/N=N/OC)c2c1. The first-order valence-corrected chi connectivity index (χ1v) is 4.59. The molecule has 0 aliphatic heterocycles. The molecule has 0 N–H and O–H groups in total. The van der Waals surface area contributed by atoms with Gasteiger partial charge < -0.3 is 9.68 Å². The molecule has 17 heavy (non-hydrogen) atoms. The predicted octanol–water partition coefficient (Wildman–Crippen LogP) is 1.85. The summed E-state index contributed by atoms with van der Waals surface area (Å²) in [7, 11) is 2.81. The largest absolute Gasteiger partial charge is 0.383 e. The van der Waals surface area contributed by atoms with Crippen molar-refractivity contribution in [1.29, 1.82) is 0 Å². The van der Waals surface area contributed by atoms with Crippen molar-refractivity contribution in [2.75, 3.05) is 14.2 Å². The number of hydrogen-bond acceptors (Lipinski definition) is 8. The fraction of sp³-hybridized carbons (Fsp3) is 0.250. The Morgan fingerprint density at radius 1 is 1.18 bits per heavy atom. The molecule has 0 saturated heterocycles. The van der Waals surface area contributed by atoms with E-state index in [4.69, 9.17) is 0 Å². The summed E-state index contributed by atoms with van der Waals surface area (Å²) in [5.41, 5.74) is 1.89. The fourth-order valence-electron chi connectivity index (χ4n) is 1.18. The second-order valence-electron chi connectivity index (χ2n) is 2.87. The second-order valence-corrected chi connectivity index (χ2v) is 2.87. The maximum Gasteiger partial charge on any atom is 0.119 e. The van der Waals surface area contributed by atoms with E-state index in [-0.39, 0.29) is 0 Å². The van der Waals surface area contributed by atoms with Gasteiger partial charge in [-0.05, 0) is 28.6 Å². The first-order valence-electron chi connectivity index (χ1n) is 4.59. The number of rotatable bonds is 4.